The Morgan fingerprint density at radius 2 is 1.75 bits per heavy atom. The maximum Gasteiger partial charge on any atom is 0.156 e. The van der Waals surface area contributed by atoms with Gasteiger partial charge in [0.05, 0.1) is 6.20 Å². The van der Waals surface area contributed by atoms with Gasteiger partial charge in [0.25, 0.3) is 0 Å². The first-order valence-corrected chi connectivity index (χ1v) is 6.84. The van der Waals surface area contributed by atoms with Gasteiger partial charge in [-0.25, -0.2) is 0 Å². The van der Waals surface area contributed by atoms with Gasteiger partial charge in [-0.2, -0.15) is 5.10 Å². The molecule has 3 nitrogen and oxygen atoms in total. The largest absolute Gasteiger partial charge is 0.365 e. The van der Waals surface area contributed by atoms with E-state index in [-0.39, 0.29) is 0 Å². The van der Waals surface area contributed by atoms with E-state index in [2.05, 4.69) is 58.8 Å². The zero-order chi connectivity index (χ0) is 13.8. The van der Waals surface area contributed by atoms with Gasteiger partial charge >= 0.3 is 0 Å². The third-order valence-corrected chi connectivity index (χ3v) is 3.34. The van der Waals surface area contributed by atoms with Gasteiger partial charge in [-0.05, 0) is 18.9 Å². The number of hydrogen-bond donors (Lipinski definition) is 1. The molecule has 1 unspecified atom stereocenters. The van der Waals surface area contributed by atoms with E-state index in [4.69, 9.17) is 0 Å². The summed E-state index contributed by atoms with van der Waals surface area (Å²) in [5.74, 6) is 0.853. The summed E-state index contributed by atoms with van der Waals surface area (Å²) in [6.07, 6.45) is 2.76. The Kier molecular flexibility index (Phi) is 3.59. The van der Waals surface area contributed by atoms with Crippen molar-refractivity contribution in [1.29, 1.82) is 0 Å². The molecular weight excluding hydrogens is 246 g/mol. The zero-order valence-electron chi connectivity index (χ0n) is 11.5. The van der Waals surface area contributed by atoms with Crippen LogP contribution in [0.5, 0.6) is 0 Å². The van der Waals surface area contributed by atoms with E-state index >= 15 is 0 Å². The molecule has 0 saturated heterocycles. The predicted molar refractivity (Wildman–Crippen MR) is 82.8 cm³/mol. The lowest BCUT2D eigenvalue weighted by Gasteiger charge is -2.15. The third-order valence-electron chi connectivity index (χ3n) is 3.34. The van der Waals surface area contributed by atoms with E-state index in [1.807, 2.05) is 18.2 Å². The number of nitrogens with zero attached hydrogens (tertiary/aromatic N) is 2. The molecule has 2 aromatic carbocycles. The molecule has 0 bridgehead atoms. The number of anilines is 1. The second-order valence-electron chi connectivity index (χ2n) is 5.02. The quantitative estimate of drug-likeness (QED) is 0.780. The Balaban J connectivity index is 1.79. The molecule has 0 radical (unpaired) electrons. The molecule has 0 aliphatic heterocycles. The fourth-order valence-corrected chi connectivity index (χ4v) is 2.39. The van der Waals surface area contributed by atoms with E-state index in [1.165, 1.54) is 5.56 Å². The summed E-state index contributed by atoms with van der Waals surface area (Å²) < 4.78 is 0. The number of fused-ring (bicyclic) bond motifs is 1. The average Bonchev–Trinajstić information content (AvgIpc) is 2.48. The monoisotopic (exact) mass is 263 g/mol. The third kappa shape index (κ3) is 2.77. The summed E-state index contributed by atoms with van der Waals surface area (Å²) >= 11 is 0. The SMILES string of the molecule is CC(Cc1ccccc1)Nc1nncc2ccccc12. The Morgan fingerprint density at radius 1 is 1.00 bits per heavy atom. The first-order valence-electron chi connectivity index (χ1n) is 6.84. The van der Waals surface area contributed by atoms with Crippen molar-refractivity contribution >= 4 is 16.6 Å². The van der Waals surface area contributed by atoms with Crippen molar-refractivity contribution in [3.63, 3.8) is 0 Å². The fraction of sp³-hybridized carbons (Fsp3) is 0.176. The van der Waals surface area contributed by atoms with Crippen molar-refractivity contribution in [2.24, 2.45) is 0 Å². The minimum atomic E-state index is 0.303. The smallest absolute Gasteiger partial charge is 0.156 e. The van der Waals surface area contributed by atoms with Crippen molar-refractivity contribution < 1.29 is 0 Å². The Labute approximate surface area is 118 Å². The van der Waals surface area contributed by atoms with Crippen LogP contribution >= 0.6 is 0 Å². The van der Waals surface area contributed by atoms with Crippen LogP contribution in [-0.2, 0) is 6.42 Å². The summed E-state index contributed by atoms with van der Waals surface area (Å²) in [6.45, 7) is 2.16. The minimum Gasteiger partial charge on any atom is -0.365 e. The molecule has 0 saturated carbocycles. The predicted octanol–water partition coefficient (Wildman–Crippen LogP) is 3.67. The summed E-state index contributed by atoms with van der Waals surface area (Å²) in [6, 6.07) is 18.9. The van der Waals surface area contributed by atoms with Crippen molar-refractivity contribution in [2.75, 3.05) is 5.32 Å². The van der Waals surface area contributed by atoms with Gasteiger partial charge in [0, 0.05) is 16.8 Å². The van der Waals surface area contributed by atoms with E-state index in [0.717, 1.165) is 23.0 Å². The molecule has 20 heavy (non-hydrogen) atoms. The standard InChI is InChI=1S/C17H17N3/c1-13(11-14-7-3-2-4-8-14)19-17-16-10-6-5-9-15(16)12-18-20-17/h2-10,12-13H,11H2,1H3,(H,19,20). The zero-order valence-corrected chi connectivity index (χ0v) is 11.5. The van der Waals surface area contributed by atoms with Crippen LogP contribution in [0.2, 0.25) is 0 Å². The summed E-state index contributed by atoms with van der Waals surface area (Å²) in [4.78, 5) is 0. The average molecular weight is 263 g/mol. The normalized spacial score (nSPS) is 12.2. The molecule has 0 spiro atoms. The highest BCUT2D eigenvalue weighted by Crippen LogP contribution is 2.20. The van der Waals surface area contributed by atoms with E-state index in [1.54, 1.807) is 6.20 Å². The maximum absolute atomic E-state index is 4.23. The lowest BCUT2D eigenvalue weighted by Crippen LogP contribution is -2.19. The number of nitrogens with one attached hydrogen (secondary N) is 1. The highest BCUT2D eigenvalue weighted by atomic mass is 15.2. The van der Waals surface area contributed by atoms with Gasteiger partial charge in [0.1, 0.15) is 0 Å². The molecule has 3 rings (SSSR count). The van der Waals surface area contributed by atoms with Crippen LogP contribution in [0.25, 0.3) is 10.8 Å². The molecule has 0 amide bonds. The lowest BCUT2D eigenvalue weighted by atomic mass is 10.1. The summed E-state index contributed by atoms with van der Waals surface area (Å²) in [7, 11) is 0. The molecule has 3 aromatic rings. The Bertz CT molecular complexity index is 689. The number of benzene rings is 2. The van der Waals surface area contributed by atoms with Gasteiger partial charge < -0.3 is 5.32 Å². The van der Waals surface area contributed by atoms with Crippen molar-refractivity contribution in [3.8, 4) is 0 Å². The van der Waals surface area contributed by atoms with E-state index < -0.39 is 0 Å². The first-order chi connectivity index (χ1) is 9.83. The highest BCUT2D eigenvalue weighted by Gasteiger charge is 2.07. The van der Waals surface area contributed by atoms with Crippen molar-refractivity contribution in [2.45, 2.75) is 19.4 Å². The second kappa shape index (κ2) is 5.70. The van der Waals surface area contributed by atoms with Gasteiger partial charge in [-0.15, -0.1) is 5.10 Å². The number of rotatable bonds is 4. The lowest BCUT2D eigenvalue weighted by molar-refractivity contribution is 0.781. The van der Waals surface area contributed by atoms with Crippen molar-refractivity contribution in [3.05, 3.63) is 66.4 Å². The van der Waals surface area contributed by atoms with Gasteiger partial charge in [-0.1, -0.05) is 54.6 Å². The molecule has 1 N–H and O–H groups in total. The van der Waals surface area contributed by atoms with E-state index in [9.17, 15) is 0 Å². The number of hydrogen-bond acceptors (Lipinski definition) is 3. The highest BCUT2D eigenvalue weighted by molar-refractivity contribution is 5.90. The maximum atomic E-state index is 4.23. The molecular formula is C17H17N3. The fourth-order valence-electron chi connectivity index (χ4n) is 2.39. The van der Waals surface area contributed by atoms with Crippen LogP contribution in [-0.4, -0.2) is 16.2 Å². The molecule has 1 atom stereocenters. The molecule has 0 aliphatic rings. The van der Waals surface area contributed by atoms with Crippen LogP contribution in [0.4, 0.5) is 5.82 Å². The Morgan fingerprint density at radius 3 is 2.60 bits per heavy atom. The van der Waals surface area contributed by atoms with Crippen LogP contribution in [0.3, 0.4) is 0 Å². The van der Waals surface area contributed by atoms with Crippen LogP contribution in [0.15, 0.2) is 60.8 Å². The van der Waals surface area contributed by atoms with Crippen LogP contribution in [0, 0.1) is 0 Å². The molecule has 0 aliphatic carbocycles. The van der Waals surface area contributed by atoms with Crippen molar-refractivity contribution in [1.82, 2.24) is 10.2 Å². The number of aromatic nitrogens is 2. The van der Waals surface area contributed by atoms with Gasteiger partial charge in [0.2, 0.25) is 0 Å². The molecule has 0 fully saturated rings. The Hall–Kier alpha value is -2.42. The molecule has 1 heterocycles. The minimum absolute atomic E-state index is 0.303. The van der Waals surface area contributed by atoms with Gasteiger partial charge in [0.15, 0.2) is 5.82 Å². The van der Waals surface area contributed by atoms with Crippen LogP contribution in [0.1, 0.15) is 12.5 Å². The molecule has 1 aromatic heterocycles. The molecule has 100 valence electrons. The first kappa shape index (κ1) is 12.6. The second-order valence-corrected chi connectivity index (χ2v) is 5.02. The van der Waals surface area contributed by atoms with Gasteiger partial charge in [-0.3, -0.25) is 0 Å². The topological polar surface area (TPSA) is 37.8 Å². The van der Waals surface area contributed by atoms with E-state index in [0.29, 0.717) is 6.04 Å². The summed E-state index contributed by atoms with van der Waals surface area (Å²) in [5, 5.41) is 14.0. The van der Waals surface area contributed by atoms with Crippen LogP contribution < -0.4 is 5.32 Å². The summed E-state index contributed by atoms with van der Waals surface area (Å²) in [5.41, 5.74) is 1.32. The molecule has 3 heteroatoms.